The molecule has 3 fully saturated rings. The van der Waals surface area contributed by atoms with E-state index >= 15 is 0 Å². The molecule has 0 unspecified atom stereocenters. The molecule has 1 aromatic heterocycles. The molecule has 1 aromatic carbocycles. The lowest BCUT2D eigenvalue weighted by atomic mass is 9.79. The number of fused-ring (bicyclic) bond motifs is 3. The van der Waals surface area contributed by atoms with E-state index in [0.29, 0.717) is 33.3 Å². The lowest BCUT2D eigenvalue weighted by Gasteiger charge is -2.49. The number of benzene rings is 1. The van der Waals surface area contributed by atoms with Crippen LogP contribution in [0.25, 0.3) is 0 Å². The zero-order chi connectivity index (χ0) is 19.0. The smallest absolute Gasteiger partial charge is 0.279 e. The number of carbonyl (C=O) groups excluding carboxylic acids is 2. The van der Waals surface area contributed by atoms with Crippen LogP contribution in [0.15, 0.2) is 30.5 Å². The molecule has 6 nitrogen and oxygen atoms in total. The lowest BCUT2D eigenvalue weighted by Crippen LogP contribution is -2.62. The molecule has 0 aliphatic carbocycles. The van der Waals surface area contributed by atoms with Gasteiger partial charge in [0.05, 0.1) is 11.1 Å². The van der Waals surface area contributed by atoms with E-state index in [1.165, 1.54) is 24.5 Å². The Kier molecular flexibility index (Phi) is 4.97. The van der Waals surface area contributed by atoms with Gasteiger partial charge >= 0.3 is 0 Å². The van der Waals surface area contributed by atoms with Gasteiger partial charge < -0.3 is 10.1 Å². The van der Waals surface area contributed by atoms with Gasteiger partial charge in [-0.05, 0) is 63.0 Å². The largest absolute Gasteiger partial charge is 0.431 e. The highest BCUT2D eigenvalue weighted by Gasteiger charge is 2.40. The van der Waals surface area contributed by atoms with Crippen LogP contribution in [-0.2, 0) is 0 Å². The van der Waals surface area contributed by atoms with Gasteiger partial charge in [-0.3, -0.25) is 14.5 Å². The van der Waals surface area contributed by atoms with Crippen molar-refractivity contribution in [3.8, 4) is 10.9 Å². The summed E-state index contributed by atoms with van der Waals surface area (Å²) in [6, 6.07) is 7.64. The lowest BCUT2D eigenvalue weighted by molar-refractivity contribution is 0.0217. The molecule has 27 heavy (non-hydrogen) atoms. The number of ketones is 1. The number of rotatable bonds is 5. The highest BCUT2D eigenvalue weighted by Crippen LogP contribution is 2.32. The summed E-state index contributed by atoms with van der Waals surface area (Å²) in [5.74, 6) is 1.10. The van der Waals surface area contributed by atoms with Crippen molar-refractivity contribution in [2.75, 3.05) is 13.1 Å². The highest BCUT2D eigenvalue weighted by atomic mass is 32.1. The molecule has 4 heterocycles. The fraction of sp³-hybridized carbons (Fsp3) is 0.450. The number of amides is 1. The van der Waals surface area contributed by atoms with Crippen molar-refractivity contribution in [3.05, 3.63) is 40.9 Å². The number of hydrogen-bond acceptors (Lipinski definition) is 6. The van der Waals surface area contributed by atoms with Gasteiger partial charge in [-0.25, -0.2) is 4.98 Å². The minimum atomic E-state index is -0.0414. The predicted octanol–water partition coefficient (Wildman–Crippen LogP) is 3.35. The first-order chi connectivity index (χ1) is 13.0. The number of nitrogens with one attached hydrogen (secondary N) is 1. The third-order valence-electron chi connectivity index (χ3n) is 5.63. The SMILES string of the molecule is CC(=O)c1cnc(Oc2ccc(C(=O)N[C@@H]3C4CCN(CC4)[C@H]3C)cc2)s1. The maximum atomic E-state index is 12.7. The van der Waals surface area contributed by atoms with Gasteiger partial charge in [0.15, 0.2) is 5.78 Å². The summed E-state index contributed by atoms with van der Waals surface area (Å²) in [6.45, 7) is 6.00. The molecule has 0 radical (unpaired) electrons. The second-order valence-corrected chi connectivity index (χ2v) is 8.28. The van der Waals surface area contributed by atoms with Crippen LogP contribution in [0, 0.1) is 5.92 Å². The molecule has 142 valence electrons. The molecule has 7 heteroatoms. The van der Waals surface area contributed by atoms with Gasteiger partial charge in [0, 0.05) is 24.6 Å². The van der Waals surface area contributed by atoms with E-state index in [9.17, 15) is 9.59 Å². The van der Waals surface area contributed by atoms with E-state index in [-0.39, 0.29) is 17.7 Å². The monoisotopic (exact) mass is 385 g/mol. The van der Waals surface area contributed by atoms with Crippen molar-refractivity contribution in [2.24, 2.45) is 5.92 Å². The molecule has 3 saturated heterocycles. The number of aromatic nitrogens is 1. The van der Waals surface area contributed by atoms with Gasteiger partial charge in [-0.15, -0.1) is 0 Å². The second kappa shape index (κ2) is 7.40. The van der Waals surface area contributed by atoms with Crippen molar-refractivity contribution in [3.63, 3.8) is 0 Å². The Morgan fingerprint density at radius 2 is 1.93 bits per heavy atom. The van der Waals surface area contributed by atoms with E-state index < -0.39 is 0 Å². The first-order valence-electron chi connectivity index (χ1n) is 9.31. The van der Waals surface area contributed by atoms with Crippen molar-refractivity contribution in [1.82, 2.24) is 15.2 Å². The fourth-order valence-corrected chi connectivity index (χ4v) is 4.70. The summed E-state index contributed by atoms with van der Waals surface area (Å²) in [4.78, 5) is 31.1. The molecule has 2 bridgehead atoms. The first-order valence-corrected chi connectivity index (χ1v) is 10.1. The average Bonchev–Trinajstić information content (AvgIpc) is 3.14. The molecule has 0 spiro atoms. The van der Waals surface area contributed by atoms with Crippen LogP contribution in [-0.4, -0.2) is 46.7 Å². The summed E-state index contributed by atoms with van der Waals surface area (Å²) in [5, 5.41) is 3.65. The maximum absolute atomic E-state index is 12.7. The van der Waals surface area contributed by atoms with Crippen LogP contribution in [0.3, 0.4) is 0 Å². The van der Waals surface area contributed by atoms with Gasteiger partial charge in [0.1, 0.15) is 5.75 Å². The van der Waals surface area contributed by atoms with Crippen LogP contribution >= 0.6 is 11.3 Å². The maximum Gasteiger partial charge on any atom is 0.279 e. The average molecular weight is 385 g/mol. The summed E-state index contributed by atoms with van der Waals surface area (Å²) in [7, 11) is 0. The second-order valence-electron chi connectivity index (χ2n) is 7.29. The van der Waals surface area contributed by atoms with Gasteiger partial charge in [-0.1, -0.05) is 11.3 Å². The van der Waals surface area contributed by atoms with Crippen molar-refractivity contribution in [2.45, 2.75) is 38.8 Å². The molecular weight excluding hydrogens is 362 g/mol. The standard InChI is InChI=1S/C20H23N3O3S/c1-12-18(14-7-9-23(12)10-8-14)22-19(25)15-3-5-16(6-4-15)26-20-21-11-17(27-20)13(2)24/h3-6,11-12,14,18H,7-10H2,1-2H3,(H,22,25)/t12-,18-/m0/s1. The Hall–Kier alpha value is -2.25. The topological polar surface area (TPSA) is 71.5 Å². The molecule has 3 aliphatic heterocycles. The number of ether oxygens (including phenoxy) is 1. The van der Waals surface area contributed by atoms with Crippen molar-refractivity contribution in [1.29, 1.82) is 0 Å². The summed E-state index contributed by atoms with van der Waals surface area (Å²) in [6.07, 6.45) is 3.84. The highest BCUT2D eigenvalue weighted by molar-refractivity contribution is 7.15. The zero-order valence-corrected chi connectivity index (χ0v) is 16.3. The van der Waals surface area contributed by atoms with E-state index in [1.54, 1.807) is 24.3 Å². The summed E-state index contributed by atoms with van der Waals surface area (Å²) in [5.41, 5.74) is 0.620. The summed E-state index contributed by atoms with van der Waals surface area (Å²) >= 11 is 1.21. The number of nitrogens with zero attached hydrogens (tertiary/aromatic N) is 2. The van der Waals surface area contributed by atoms with E-state index in [1.807, 2.05) is 0 Å². The van der Waals surface area contributed by atoms with E-state index in [0.717, 1.165) is 25.9 Å². The molecule has 1 amide bonds. The number of carbonyl (C=O) groups is 2. The Balaban J connectivity index is 1.39. The predicted molar refractivity (Wildman–Crippen MR) is 104 cm³/mol. The molecule has 3 aliphatic rings. The van der Waals surface area contributed by atoms with E-state index in [2.05, 4.69) is 22.1 Å². The molecular formula is C20H23N3O3S. The zero-order valence-electron chi connectivity index (χ0n) is 15.5. The number of hydrogen-bond donors (Lipinski definition) is 1. The van der Waals surface area contributed by atoms with Gasteiger partial charge in [-0.2, -0.15) is 0 Å². The van der Waals surface area contributed by atoms with Gasteiger partial charge in [0.25, 0.3) is 11.1 Å². The Labute approximate surface area is 162 Å². The number of piperidine rings is 3. The normalized spacial score (nSPS) is 26.6. The molecule has 1 N–H and O–H groups in total. The minimum absolute atomic E-state index is 0.0312. The minimum Gasteiger partial charge on any atom is -0.431 e. The van der Waals surface area contributed by atoms with Crippen molar-refractivity contribution < 1.29 is 14.3 Å². The van der Waals surface area contributed by atoms with Crippen LogP contribution in [0.1, 0.15) is 46.7 Å². The molecule has 0 saturated carbocycles. The third kappa shape index (κ3) is 3.75. The van der Waals surface area contributed by atoms with Crippen LogP contribution < -0.4 is 10.1 Å². The Bertz CT molecular complexity index is 838. The third-order valence-corrected chi connectivity index (χ3v) is 6.60. The quantitative estimate of drug-likeness (QED) is 0.799. The van der Waals surface area contributed by atoms with E-state index in [4.69, 9.17) is 4.74 Å². The number of thiazole rings is 1. The summed E-state index contributed by atoms with van der Waals surface area (Å²) < 4.78 is 5.67. The Morgan fingerprint density at radius 1 is 1.22 bits per heavy atom. The van der Waals surface area contributed by atoms with Crippen LogP contribution in [0.2, 0.25) is 0 Å². The van der Waals surface area contributed by atoms with Crippen LogP contribution in [0.4, 0.5) is 0 Å². The van der Waals surface area contributed by atoms with Crippen molar-refractivity contribution >= 4 is 23.0 Å². The molecule has 2 atom stereocenters. The fourth-order valence-electron chi connectivity index (χ4n) is 4.02. The molecule has 5 rings (SSSR count). The molecule has 2 aromatic rings. The van der Waals surface area contributed by atoms with Gasteiger partial charge in [0.2, 0.25) is 0 Å². The van der Waals surface area contributed by atoms with Crippen LogP contribution in [0.5, 0.6) is 10.9 Å². The Morgan fingerprint density at radius 3 is 2.52 bits per heavy atom. The number of Topliss-reactive ketones (excluding diaryl/α,β-unsaturated/α-hetero) is 1. The first kappa shape index (κ1) is 18.1.